The summed E-state index contributed by atoms with van der Waals surface area (Å²) >= 11 is 5.46. The molecule has 2 N–H and O–H groups in total. The summed E-state index contributed by atoms with van der Waals surface area (Å²) in [7, 11) is 0. The highest BCUT2D eigenvalue weighted by molar-refractivity contribution is 9.10. The molecule has 0 atom stereocenters. The van der Waals surface area contributed by atoms with E-state index in [0.29, 0.717) is 6.04 Å². The van der Waals surface area contributed by atoms with Crippen LogP contribution in [-0.2, 0) is 6.42 Å². The summed E-state index contributed by atoms with van der Waals surface area (Å²) in [5.74, 6) is 0.866. The summed E-state index contributed by atoms with van der Waals surface area (Å²) in [6.45, 7) is 0. The summed E-state index contributed by atoms with van der Waals surface area (Å²) in [5, 5.41) is 2.16. The first-order valence-corrected chi connectivity index (χ1v) is 6.90. The highest BCUT2D eigenvalue weighted by Gasteiger charge is 2.19. The number of rotatable bonds is 2. The van der Waals surface area contributed by atoms with E-state index in [0.717, 1.165) is 5.92 Å². The standard InChI is InChI=1S/C11H16BrNS/c12-10-5-6-14-11(10)7-8-1-3-9(13)4-2-8/h5-6,8-9H,1-4,7,13H2. The molecule has 1 fully saturated rings. The van der Waals surface area contributed by atoms with Gasteiger partial charge in [0.25, 0.3) is 0 Å². The number of halogens is 1. The SMILES string of the molecule is NC1CCC(Cc2sccc2Br)CC1. The third-order valence-electron chi connectivity index (χ3n) is 3.06. The van der Waals surface area contributed by atoms with E-state index in [9.17, 15) is 0 Å². The van der Waals surface area contributed by atoms with E-state index < -0.39 is 0 Å². The molecule has 1 aromatic heterocycles. The van der Waals surface area contributed by atoms with Gasteiger partial charge in [-0.1, -0.05) is 0 Å². The quantitative estimate of drug-likeness (QED) is 0.876. The van der Waals surface area contributed by atoms with Crippen molar-refractivity contribution in [1.82, 2.24) is 0 Å². The molecule has 3 heteroatoms. The summed E-state index contributed by atoms with van der Waals surface area (Å²) in [5.41, 5.74) is 5.89. The molecule has 0 saturated heterocycles. The van der Waals surface area contributed by atoms with Gasteiger partial charge >= 0.3 is 0 Å². The van der Waals surface area contributed by atoms with Gasteiger partial charge in [0.2, 0.25) is 0 Å². The normalized spacial score (nSPS) is 27.9. The zero-order valence-electron chi connectivity index (χ0n) is 8.21. The molecule has 78 valence electrons. The Bertz CT molecular complexity index is 289. The first kappa shape index (κ1) is 10.7. The molecule has 1 heterocycles. The van der Waals surface area contributed by atoms with Gasteiger partial charge in [-0.15, -0.1) is 11.3 Å². The van der Waals surface area contributed by atoms with E-state index in [1.54, 1.807) is 0 Å². The van der Waals surface area contributed by atoms with Gasteiger partial charge in [0.1, 0.15) is 0 Å². The number of thiophene rings is 1. The lowest BCUT2D eigenvalue weighted by atomic mass is 9.84. The highest BCUT2D eigenvalue weighted by Crippen LogP contribution is 2.31. The maximum Gasteiger partial charge on any atom is 0.0314 e. The minimum Gasteiger partial charge on any atom is -0.328 e. The lowest BCUT2D eigenvalue weighted by molar-refractivity contribution is 0.326. The predicted octanol–water partition coefficient (Wildman–Crippen LogP) is 3.57. The Morgan fingerprint density at radius 2 is 2.07 bits per heavy atom. The molecule has 0 aliphatic heterocycles. The van der Waals surface area contributed by atoms with Crippen LogP contribution in [0, 0.1) is 5.92 Å². The third-order valence-corrected chi connectivity index (χ3v) is 5.01. The smallest absolute Gasteiger partial charge is 0.0314 e. The molecule has 0 bridgehead atoms. The summed E-state index contributed by atoms with van der Waals surface area (Å²) in [6, 6.07) is 2.62. The molecule has 1 saturated carbocycles. The van der Waals surface area contributed by atoms with Crippen molar-refractivity contribution in [2.24, 2.45) is 11.7 Å². The lowest BCUT2D eigenvalue weighted by Gasteiger charge is -2.25. The van der Waals surface area contributed by atoms with Crippen LogP contribution in [0.25, 0.3) is 0 Å². The number of nitrogens with two attached hydrogens (primary N) is 1. The average molecular weight is 274 g/mol. The van der Waals surface area contributed by atoms with Crippen LogP contribution in [0.5, 0.6) is 0 Å². The van der Waals surface area contributed by atoms with Gasteiger partial charge in [0.15, 0.2) is 0 Å². The van der Waals surface area contributed by atoms with Crippen molar-refractivity contribution in [2.45, 2.75) is 38.1 Å². The molecule has 1 aromatic rings. The predicted molar refractivity (Wildman–Crippen MR) is 65.7 cm³/mol. The van der Waals surface area contributed by atoms with E-state index in [2.05, 4.69) is 27.4 Å². The van der Waals surface area contributed by atoms with Gasteiger partial charge in [-0.25, -0.2) is 0 Å². The van der Waals surface area contributed by atoms with Gasteiger partial charge in [-0.05, 0) is 65.4 Å². The minimum atomic E-state index is 0.470. The number of hydrogen-bond acceptors (Lipinski definition) is 2. The van der Waals surface area contributed by atoms with Gasteiger partial charge in [-0.3, -0.25) is 0 Å². The van der Waals surface area contributed by atoms with Crippen molar-refractivity contribution >= 4 is 27.3 Å². The summed E-state index contributed by atoms with van der Waals surface area (Å²) in [4.78, 5) is 1.51. The average Bonchev–Trinajstić information content (AvgIpc) is 2.56. The number of hydrogen-bond donors (Lipinski definition) is 1. The Hall–Kier alpha value is 0.140. The van der Waals surface area contributed by atoms with Crippen molar-refractivity contribution in [2.75, 3.05) is 0 Å². The fourth-order valence-corrected chi connectivity index (χ4v) is 3.76. The fraction of sp³-hybridized carbons (Fsp3) is 0.636. The van der Waals surface area contributed by atoms with Crippen LogP contribution in [0.4, 0.5) is 0 Å². The first-order valence-electron chi connectivity index (χ1n) is 5.23. The molecule has 1 nitrogen and oxygen atoms in total. The van der Waals surface area contributed by atoms with Crippen LogP contribution >= 0.6 is 27.3 Å². The molecular formula is C11H16BrNS. The molecule has 1 aliphatic carbocycles. The molecule has 1 aliphatic rings. The van der Waals surface area contributed by atoms with Crippen molar-refractivity contribution < 1.29 is 0 Å². The first-order chi connectivity index (χ1) is 6.75. The van der Waals surface area contributed by atoms with Crippen LogP contribution in [0.15, 0.2) is 15.9 Å². The van der Waals surface area contributed by atoms with Crippen LogP contribution < -0.4 is 5.73 Å². The molecule has 0 spiro atoms. The Balaban J connectivity index is 1.89. The van der Waals surface area contributed by atoms with Gasteiger partial charge in [-0.2, -0.15) is 0 Å². The maximum atomic E-state index is 5.89. The largest absolute Gasteiger partial charge is 0.328 e. The second-order valence-corrected chi connectivity index (χ2v) is 6.03. The third kappa shape index (κ3) is 2.59. The van der Waals surface area contributed by atoms with Crippen LogP contribution in [0.1, 0.15) is 30.6 Å². The van der Waals surface area contributed by atoms with Gasteiger partial charge in [0.05, 0.1) is 0 Å². The van der Waals surface area contributed by atoms with E-state index >= 15 is 0 Å². The topological polar surface area (TPSA) is 26.0 Å². The molecular weight excluding hydrogens is 258 g/mol. The van der Waals surface area contributed by atoms with Gasteiger partial charge < -0.3 is 5.73 Å². The monoisotopic (exact) mass is 273 g/mol. The van der Waals surface area contributed by atoms with E-state index in [1.807, 2.05) is 11.3 Å². The Morgan fingerprint density at radius 3 is 2.64 bits per heavy atom. The van der Waals surface area contributed by atoms with Crippen molar-refractivity contribution in [3.63, 3.8) is 0 Å². The van der Waals surface area contributed by atoms with Crippen molar-refractivity contribution in [1.29, 1.82) is 0 Å². The molecule has 0 unspecified atom stereocenters. The molecule has 0 radical (unpaired) electrons. The summed E-state index contributed by atoms with van der Waals surface area (Å²) < 4.78 is 1.29. The van der Waals surface area contributed by atoms with Crippen LogP contribution in [-0.4, -0.2) is 6.04 Å². The Kier molecular flexibility index (Phi) is 3.63. The van der Waals surface area contributed by atoms with E-state index in [1.165, 1.54) is 41.5 Å². The van der Waals surface area contributed by atoms with Crippen LogP contribution in [0.3, 0.4) is 0 Å². The Labute approximate surface area is 97.8 Å². The molecule has 2 rings (SSSR count). The second kappa shape index (κ2) is 4.77. The molecule has 0 aromatic carbocycles. The van der Waals surface area contributed by atoms with Crippen molar-refractivity contribution in [3.05, 3.63) is 20.8 Å². The Morgan fingerprint density at radius 1 is 1.36 bits per heavy atom. The highest BCUT2D eigenvalue weighted by atomic mass is 79.9. The lowest BCUT2D eigenvalue weighted by Crippen LogP contribution is -2.27. The zero-order chi connectivity index (χ0) is 9.97. The summed E-state index contributed by atoms with van der Waals surface area (Å²) in [6.07, 6.45) is 6.29. The minimum absolute atomic E-state index is 0.470. The fourth-order valence-electron chi connectivity index (χ4n) is 2.13. The van der Waals surface area contributed by atoms with Crippen LogP contribution in [0.2, 0.25) is 0 Å². The second-order valence-electron chi connectivity index (χ2n) is 4.18. The molecule has 0 amide bonds. The van der Waals surface area contributed by atoms with E-state index in [-0.39, 0.29) is 0 Å². The van der Waals surface area contributed by atoms with Gasteiger partial charge in [0, 0.05) is 15.4 Å². The maximum absolute atomic E-state index is 5.89. The van der Waals surface area contributed by atoms with Crippen molar-refractivity contribution in [3.8, 4) is 0 Å². The molecule has 14 heavy (non-hydrogen) atoms. The van der Waals surface area contributed by atoms with E-state index in [4.69, 9.17) is 5.73 Å². The zero-order valence-corrected chi connectivity index (χ0v) is 10.6.